The summed E-state index contributed by atoms with van der Waals surface area (Å²) in [6.45, 7) is 0. The fourth-order valence-electron chi connectivity index (χ4n) is 1.79. The Morgan fingerprint density at radius 3 is 2.08 bits per heavy atom. The molecule has 0 spiro atoms. The number of Topliss-reactive ketones (excluding diaryl/α,β-unsaturated/α-hetero) is 1. The van der Waals surface area contributed by atoms with Crippen LogP contribution in [0.5, 0.6) is 0 Å². The van der Waals surface area contributed by atoms with Gasteiger partial charge in [-0.05, 0) is 30.3 Å². The van der Waals surface area contributed by atoms with Crippen LogP contribution in [0.1, 0.15) is 21.7 Å². The molecule has 0 bridgehead atoms. The van der Waals surface area contributed by atoms with E-state index in [0.29, 0.717) is 12.1 Å². The first-order valence-electron chi connectivity index (χ1n) is 6.64. The molecule has 26 heavy (non-hydrogen) atoms. The number of hydrazone groups is 1. The molecule has 0 aliphatic rings. The van der Waals surface area contributed by atoms with Crippen LogP contribution in [0.3, 0.4) is 0 Å². The summed E-state index contributed by atoms with van der Waals surface area (Å²) in [7, 11) is 0. The van der Waals surface area contributed by atoms with Crippen molar-refractivity contribution in [3.8, 4) is 6.07 Å². The van der Waals surface area contributed by atoms with E-state index in [2.05, 4.69) is 5.10 Å². The molecular weight excluding hydrogens is 368 g/mol. The molecule has 0 unspecified atom stereocenters. The van der Waals surface area contributed by atoms with Crippen LogP contribution >= 0.6 is 0 Å². The molecule has 2 aromatic rings. The number of ketones is 1. The second-order valence-electron chi connectivity index (χ2n) is 4.78. The predicted octanol–water partition coefficient (Wildman–Crippen LogP) is 4.49. The molecule has 0 radical (unpaired) electrons. The quantitative estimate of drug-likeness (QED) is 0.370. The molecule has 0 saturated heterocycles. The first-order valence-corrected chi connectivity index (χ1v) is 6.64. The van der Waals surface area contributed by atoms with E-state index >= 15 is 0 Å². The second-order valence-corrected chi connectivity index (χ2v) is 4.78. The lowest BCUT2D eigenvalue weighted by molar-refractivity contribution is -0.143. The van der Waals surface area contributed by atoms with E-state index in [1.165, 1.54) is 18.2 Å². The van der Waals surface area contributed by atoms with Crippen molar-refractivity contribution in [2.24, 2.45) is 5.10 Å². The van der Waals surface area contributed by atoms with Gasteiger partial charge in [0.25, 0.3) is 5.78 Å². The van der Waals surface area contributed by atoms with Gasteiger partial charge in [-0.3, -0.25) is 10.2 Å². The Labute approximate surface area is 141 Å². The fraction of sp³-hybridized carbons (Fsp3) is 0.133. The molecule has 1 heterocycles. The average Bonchev–Trinajstić information content (AvgIpc) is 3.07. The van der Waals surface area contributed by atoms with Gasteiger partial charge in [0.05, 0.1) is 23.1 Å². The molecule has 11 heteroatoms. The van der Waals surface area contributed by atoms with Gasteiger partial charge in [0.15, 0.2) is 5.76 Å². The summed E-state index contributed by atoms with van der Waals surface area (Å²) in [5, 5.41) is 12.2. The summed E-state index contributed by atoms with van der Waals surface area (Å²) in [4.78, 5) is 11.9. The molecule has 1 aromatic carbocycles. The van der Waals surface area contributed by atoms with Crippen molar-refractivity contribution in [2.45, 2.75) is 12.4 Å². The van der Waals surface area contributed by atoms with Crippen LogP contribution < -0.4 is 5.43 Å². The predicted molar refractivity (Wildman–Crippen MR) is 76.2 cm³/mol. The Morgan fingerprint density at radius 1 is 1.08 bits per heavy atom. The number of alkyl halides is 6. The summed E-state index contributed by atoms with van der Waals surface area (Å²) in [5.41, 5.74) is -2.79. The lowest BCUT2D eigenvalue weighted by atomic mass is 10.1. The minimum absolute atomic E-state index is 0.0614. The van der Waals surface area contributed by atoms with Gasteiger partial charge in [0.2, 0.25) is 5.71 Å². The minimum Gasteiger partial charge on any atom is -0.461 e. The molecular formula is C15H7F6N3O2. The molecule has 5 nitrogen and oxygen atoms in total. The summed E-state index contributed by atoms with van der Waals surface area (Å²) in [6, 6.07) is 4.61. The zero-order valence-electron chi connectivity index (χ0n) is 12.4. The van der Waals surface area contributed by atoms with Crippen molar-refractivity contribution in [3.05, 3.63) is 53.5 Å². The average molecular weight is 375 g/mol. The van der Waals surface area contributed by atoms with Gasteiger partial charge in [-0.15, -0.1) is 0 Å². The zero-order chi connectivity index (χ0) is 19.5. The molecule has 1 aromatic heterocycles. The lowest BCUT2D eigenvalue weighted by Crippen LogP contribution is -2.14. The molecule has 136 valence electrons. The van der Waals surface area contributed by atoms with Gasteiger partial charge < -0.3 is 4.42 Å². The van der Waals surface area contributed by atoms with E-state index in [-0.39, 0.29) is 11.8 Å². The van der Waals surface area contributed by atoms with Crippen molar-refractivity contribution in [1.82, 2.24) is 0 Å². The van der Waals surface area contributed by atoms with E-state index in [0.717, 1.165) is 6.26 Å². The highest BCUT2D eigenvalue weighted by atomic mass is 19.4. The smallest absolute Gasteiger partial charge is 0.416 e. The monoisotopic (exact) mass is 375 g/mol. The fourth-order valence-corrected chi connectivity index (χ4v) is 1.79. The number of rotatable bonds is 4. The lowest BCUT2D eigenvalue weighted by Gasteiger charge is -2.13. The first-order chi connectivity index (χ1) is 12.0. The number of benzene rings is 1. The molecule has 0 atom stereocenters. The van der Waals surface area contributed by atoms with Crippen LogP contribution in [0.2, 0.25) is 0 Å². The normalized spacial score (nSPS) is 12.6. The van der Waals surface area contributed by atoms with E-state index in [1.54, 1.807) is 0 Å². The topological polar surface area (TPSA) is 78.4 Å². The van der Waals surface area contributed by atoms with Gasteiger partial charge >= 0.3 is 12.4 Å². The number of nitrogens with one attached hydrogen (secondary N) is 1. The van der Waals surface area contributed by atoms with Crippen LogP contribution in [0.25, 0.3) is 0 Å². The molecule has 0 saturated carbocycles. The van der Waals surface area contributed by atoms with Gasteiger partial charge in [-0.25, -0.2) is 0 Å². The Kier molecular flexibility index (Phi) is 5.06. The molecule has 0 aliphatic carbocycles. The highest BCUT2D eigenvalue weighted by molar-refractivity contribution is 6.50. The van der Waals surface area contributed by atoms with Crippen LogP contribution in [0.15, 0.2) is 46.1 Å². The van der Waals surface area contributed by atoms with Gasteiger partial charge in [0, 0.05) is 0 Å². The third-order valence-corrected chi connectivity index (χ3v) is 2.95. The van der Waals surface area contributed by atoms with Crippen LogP contribution in [0, 0.1) is 11.3 Å². The van der Waals surface area contributed by atoms with Crippen LogP contribution in [-0.4, -0.2) is 11.5 Å². The molecule has 0 aliphatic heterocycles. The van der Waals surface area contributed by atoms with E-state index < -0.39 is 40.7 Å². The Balaban J connectivity index is 2.39. The summed E-state index contributed by atoms with van der Waals surface area (Å²) in [6.07, 6.45) is -8.94. The van der Waals surface area contributed by atoms with Gasteiger partial charge in [-0.2, -0.15) is 36.7 Å². The Hall–Kier alpha value is -3.29. The number of anilines is 1. The Morgan fingerprint density at radius 2 is 1.65 bits per heavy atom. The molecule has 0 amide bonds. The number of nitriles is 1. The number of carbonyl (C=O) groups is 1. The van der Waals surface area contributed by atoms with Crippen molar-refractivity contribution in [3.63, 3.8) is 0 Å². The summed E-state index contributed by atoms with van der Waals surface area (Å²) >= 11 is 0. The largest absolute Gasteiger partial charge is 0.461 e. The third-order valence-electron chi connectivity index (χ3n) is 2.95. The van der Waals surface area contributed by atoms with Gasteiger partial charge in [-0.1, -0.05) is 0 Å². The number of halogens is 6. The molecule has 0 fully saturated rings. The van der Waals surface area contributed by atoms with Crippen LogP contribution in [-0.2, 0) is 12.4 Å². The van der Waals surface area contributed by atoms with Crippen LogP contribution in [0.4, 0.5) is 32.0 Å². The number of furan rings is 1. The van der Waals surface area contributed by atoms with Crippen molar-refractivity contribution >= 4 is 17.2 Å². The van der Waals surface area contributed by atoms with Gasteiger partial charge in [0.1, 0.15) is 6.07 Å². The zero-order valence-corrected chi connectivity index (χ0v) is 12.4. The minimum atomic E-state index is -5.04. The summed E-state index contributed by atoms with van der Waals surface area (Å²) < 4.78 is 81.3. The number of carbonyl (C=O) groups excluding carboxylic acids is 1. The van der Waals surface area contributed by atoms with E-state index in [1.807, 2.05) is 5.43 Å². The van der Waals surface area contributed by atoms with Crippen molar-refractivity contribution < 1.29 is 35.6 Å². The first kappa shape index (κ1) is 19.0. The molecule has 1 N–H and O–H groups in total. The van der Waals surface area contributed by atoms with E-state index in [4.69, 9.17) is 9.68 Å². The van der Waals surface area contributed by atoms with Crippen molar-refractivity contribution in [2.75, 3.05) is 5.43 Å². The number of hydrogen-bond acceptors (Lipinski definition) is 5. The highest BCUT2D eigenvalue weighted by Crippen LogP contribution is 2.37. The third kappa shape index (κ3) is 4.41. The molecule has 2 rings (SSSR count). The maximum Gasteiger partial charge on any atom is 0.416 e. The highest BCUT2D eigenvalue weighted by Gasteiger charge is 2.37. The van der Waals surface area contributed by atoms with Crippen molar-refractivity contribution in [1.29, 1.82) is 5.26 Å². The number of nitrogens with zero attached hydrogens (tertiary/aromatic N) is 2. The maximum atomic E-state index is 12.8. The van der Waals surface area contributed by atoms with E-state index in [9.17, 15) is 31.1 Å². The second kappa shape index (κ2) is 6.91. The standard InChI is InChI=1S/C15H7F6N3O2/c16-14(17,18)8-4-9(15(19,20)21)6-10(5-8)23-24-11(7-22)13(25)12-2-1-3-26-12/h1-6,23H. The summed E-state index contributed by atoms with van der Waals surface area (Å²) in [5.74, 6) is -1.26. The maximum absolute atomic E-state index is 12.8. The Bertz CT molecular complexity index is 844. The SMILES string of the molecule is N#CC(=NNc1cc(C(F)(F)F)cc(C(F)(F)F)c1)C(=O)c1ccco1. The number of hydrogen-bond donors (Lipinski definition) is 1.